The van der Waals surface area contributed by atoms with E-state index in [1.54, 1.807) is 0 Å². The van der Waals surface area contributed by atoms with Crippen molar-refractivity contribution >= 4 is 30.5 Å². The van der Waals surface area contributed by atoms with Gasteiger partial charge < -0.3 is 11.1 Å². The number of halogens is 2. The van der Waals surface area contributed by atoms with Gasteiger partial charge in [0, 0.05) is 18.3 Å². The molecule has 0 aliphatic carbocycles. The quantitative estimate of drug-likeness (QED) is 0.848. The number of anilines is 1. The first-order chi connectivity index (χ1) is 5.72. The molecule has 4 heteroatoms. The first kappa shape index (κ1) is 16.0. The van der Waals surface area contributed by atoms with Gasteiger partial charge in [-0.05, 0) is 31.5 Å². The molecular formula is C10H18Cl2N2. The van der Waals surface area contributed by atoms with Crippen LogP contribution in [0.5, 0.6) is 0 Å². The third-order valence-electron chi connectivity index (χ3n) is 1.64. The fourth-order valence-electron chi connectivity index (χ4n) is 1.07. The molecule has 0 saturated carbocycles. The van der Waals surface area contributed by atoms with Gasteiger partial charge in [0.25, 0.3) is 0 Å². The highest BCUT2D eigenvalue weighted by Crippen LogP contribution is 2.09. The van der Waals surface area contributed by atoms with Crippen LogP contribution in [0.25, 0.3) is 0 Å². The molecule has 0 heterocycles. The van der Waals surface area contributed by atoms with Crippen molar-refractivity contribution in [2.24, 2.45) is 5.73 Å². The highest BCUT2D eigenvalue weighted by Gasteiger charge is 1.94. The second-order valence-corrected chi connectivity index (χ2v) is 3.20. The number of hydrogen-bond acceptors (Lipinski definition) is 2. The van der Waals surface area contributed by atoms with Gasteiger partial charge in [0.2, 0.25) is 0 Å². The van der Waals surface area contributed by atoms with Crippen LogP contribution in [0.1, 0.15) is 19.4 Å². The Kier molecular flexibility index (Phi) is 9.05. The Morgan fingerprint density at radius 1 is 1.14 bits per heavy atom. The minimum atomic E-state index is 0. The molecule has 0 aliphatic rings. The molecule has 0 aromatic heterocycles. The van der Waals surface area contributed by atoms with Crippen LogP contribution in [-0.2, 0) is 6.54 Å². The van der Waals surface area contributed by atoms with E-state index in [1.807, 2.05) is 12.1 Å². The number of benzene rings is 1. The minimum Gasteiger partial charge on any atom is -0.383 e. The molecule has 14 heavy (non-hydrogen) atoms. The maximum absolute atomic E-state index is 5.48. The zero-order valence-corrected chi connectivity index (χ0v) is 10.1. The first-order valence-corrected chi connectivity index (χ1v) is 4.28. The molecular weight excluding hydrogens is 219 g/mol. The lowest BCUT2D eigenvalue weighted by Crippen LogP contribution is -2.09. The summed E-state index contributed by atoms with van der Waals surface area (Å²) in [7, 11) is 0. The molecule has 0 unspecified atom stereocenters. The number of rotatable bonds is 3. The van der Waals surface area contributed by atoms with Gasteiger partial charge in [-0.2, -0.15) is 0 Å². The van der Waals surface area contributed by atoms with Crippen molar-refractivity contribution < 1.29 is 0 Å². The highest BCUT2D eigenvalue weighted by atomic mass is 35.5. The Hall–Kier alpha value is -0.440. The zero-order valence-electron chi connectivity index (χ0n) is 8.49. The van der Waals surface area contributed by atoms with E-state index in [4.69, 9.17) is 5.73 Å². The topological polar surface area (TPSA) is 38.0 Å². The van der Waals surface area contributed by atoms with Crippen LogP contribution in [0.3, 0.4) is 0 Å². The lowest BCUT2D eigenvalue weighted by molar-refractivity contribution is 0.899. The highest BCUT2D eigenvalue weighted by molar-refractivity contribution is 5.85. The van der Waals surface area contributed by atoms with Crippen LogP contribution in [-0.4, -0.2) is 6.04 Å². The molecule has 0 atom stereocenters. The first-order valence-electron chi connectivity index (χ1n) is 4.28. The maximum Gasteiger partial charge on any atom is 0.0342 e. The lowest BCUT2D eigenvalue weighted by atomic mass is 10.2. The molecule has 0 fully saturated rings. The summed E-state index contributed by atoms with van der Waals surface area (Å²) in [6, 6.07) is 8.69. The lowest BCUT2D eigenvalue weighted by Gasteiger charge is -2.09. The standard InChI is InChI=1S/C10H16N2.2ClH/c1-8(2)12-10-5-3-9(7-11)4-6-10;;/h3-6,8,12H,7,11H2,1-2H3;2*1H. The van der Waals surface area contributed by atoms with Crippen molar-refractivity contribution in [3.8, 4) is 0 Å². The average Bonchev–Trinajstić information content (AvgIpc) is 2.05. The predicted octanol–water partition coefficient (Wildman–Crippen LogP) is 2.81. The fourth-order valence-corrected chi connectivity index (χ4v) is 1.07. The monoisotopic (exact) mass is 236 g/mol. The predicted molar refractivity (Wildman–Crippen MR) is 67.6 cm³/mol. The van der Waals surface area contributed by atoms with Gasteiger partial charge >= 0.3 is 0 Å². The molecule has 0 saturated heterocycles. The molecule has 1 aromatic rings. The van der Waals surface area contributed by atoms with E-state index < -0.39 is 0 Å². The van der Waals surface area contributed by atoms with Gasteiger partial charge in [-0.15, -0.1) is 24.8 Å². The zero-order chi connectivity index (χ0) is 8.97. The molecule has 0 spiro atoms. The van der Waals surface area contributed by atoms with Gasteiger partial charge in [-0.3, -0.25) is 0 Å². The largest absolute Gasteiger partial charge is 0.383 e. The summed E-state index contributed by atoms with van der Waals surface area (Å²) >= 11 is 0. The molecule has 0 amide bonds. The van der Waals surface area contributed by atoms with Crippen LogP contribution in [0.4, 0.5) is 5.69 Å². The molecule has 1 rings (SSSR count). The van der Waals surface area contributed by atoms with Crippen LogP contribution < -0.4 is 11.1 Å². The van der Waals surface area contributed by atoms with E-state index in [9.17, 15) is 0 Å². The third-order valence-corrected chi connectivity index (χ3v) is 1.64. The van der Waals surface area contributed by atoms with Gasteiger partial charge in [0.15, 0.2) is 0 Å². The molecule has 0 aliphatic heterocycles. The summed E-state index contributed by atoms with van der Waals surface area (Å²) in [6.45, 7) is 4.86. The Labute approximate surface area is 98.1 Å². The second-order valence-electron chi connectivity index (χ2n) is 3.20. The number of nitrogens with one attached hydrogen (secondary N) is 1. The molecule has 1 aromatic carbocycles. The Morgan fingerprint density at radius 3 is 2.00 bits per heavy atom. The van der Waals surface area contributed by atoms with Gasteiger partial charge in [0.05, 0.1) is 0 Å². The molecule has 3 N–H and O–H groups in total. The van der Waals surface area contributed by atoms with Crippen molar-refractivity contribution in [3.05, 3.63) is 29.8 Å². The summed E-state index contributed by atoms with van der Waals surface area (Å²) in [4.78, 5) is 0. The second kappa shape index (κ2) is 7.92. The van der Waals surface area contributed by atoms with E-state index in [-0.39, 0.29) is 24.8 Å². The van der Waals surface area contributed by atoms with Gasteiger partial charge in [-0.25, -0.2) is 0 Å². The Morgan fingerprint density at radius 2 is 1.64 bits per heavy atom. The van der Waals surface area contributed by atoms with Crippen molar-refractivity contribution in [1.29, 1.82) is 0 Å². The van der Waals surface area contributed by atoms with Crippen LogP contribution >= 0.6 is 24.8 Å². The summed E-state index contributed by atoms with van der Waals surface area (Å²) in [5.74, 6) is 0. The third kappa shape index (κ3) is 5.32. The minimum absolute atomic E-state index is 0. The van der Waals surface area contributed by atoms with Crippen LogP contribution in [0.15, 0.2) is 24.3 Å². The van der Waals surface area contributed by atoms with Gasteiger partial charge in [-0.1, -0.05) is 12.1 Å². The summed E-state index contributed by atoms with van der Waals surface area (Å²) < 4.78 is 0. The molecule has 82 valence electrons. The Bertz CT molecular complexity index is 234. The van der Waals surface area contributed by atoms with Crippen molar-refractivity contribution in [1.82, 2.24) is 0 Å². The maximum atomic E-state index is 5.48. The summed E-state index contributed by atoms with van der Waals surface area (Å²) in [5, 5.41) is 3.32. The van der Waals surface area contributed by atoms with E-state index >= 15 is 0 Å². The molecule has 0 radical (unpaired) electrons. The van der Waals surface area contributed by atoms with Crippen molar-refractivity contribution in [3.63, 3.8) is 0 Å². The SMILES string of the molecule is CC(C)Nc1ccc(CN)cc1.Cl.Cl. The van der Waals surface area contributed by atoms with Crippen LogP contribution in [0.2, 0.25) is 0 Å². The van der Waals surface area contributed by atoms with Gasteiger partial charge in [0.1, 0.15) is 0 Å². The number of hydrogen-bond donors (Lipinski definition) is 2. The summed E-state index contributed by atoms with van der Waals surface area (Å²) in [6.07, 6.45) is 0. The molecule has 2 nitrogen and oxygen atoms in total. The fraction of sp³-hybridized carbons (Fsp3) is 0.400. The van der Waals surface area contributed by atoms with Crippen molar-refractivity contribution in [2.45, 2.75) is 26.4 Å². The average molecular weight is 237 g/mol. The molecule has 0 bridgehead atoms. The smallest absolute Gasteiger partial charge is 0.0342 e. The van der Waals surface area contributed by atoms with E-state index in [1.165, 1.54) is 5.56 Å². The number of nitrogens with two attached hydrogens (primary N) is 1. The van der Waals surface area contributed by atoms with Crippen LogP contribution in [0, 0.1) is 0 Å². The van der Waals surface area contributed by atoms with Crippen molar-refractivity contribution in [2.75, 3.05) is 5.32 Å². The van der Waals surface area contributed by atoms with E-state index in [0.717, 1.165) is 5.69 Å². The Balaban J connectivity index is 0. The summed E-state index contributed by atoms with van der Waals surface area (Å²) in [5.41, 5.74) is 7.81. The normalized spacial score (nSPS) is 8.86. The van der Waals surface area contributed by atoms with E-state index in [2.05, 4.69) is 31.3 Å². The van der Waals surface area contributed by atoms with E-state index in [0.29, 0.717) is 12.6 Å².